The lowest BCUT2D eigenvalue weighted by molar-refractivity contribution is -0.385. The zero-order valence-electron chi connectivity index (χ0n) is 8.81. The molecule has 1 atom stereocenters. The fraction of sp³-hybridized carbons (Fsp3) is 0.400. The lowest BCUT2D eigenvalue weighted by Crippen LogP contribution is -2.42. The molecule has 1 aromatic rings. The molecule has 0 amide bonds. The van der Waals surface area contributed by atoms with Crippen LogP contribution < -0.4 is 5.73 Å². The van der Waals surface area contributed by atoms with Crippen LogP contribution in [-0.4, -0.2) is 22.2 Å². The molecule has 0 fully saturated rings. The van der Waals surface area contributed by atoms with Gasteiger partial charge >= 0.3 is 0 Å². The number of hydrogen-bond donors (Lipinski definition) is 2. The molecule has 0 saturated carbocycles. The van der Waals surface area contributed by atoms with Crippen molar-refractivity contribution in [2.45, 2.75) is 18.9 Å². The number of rotatable bonds is 4. The number of aliphatic hydroxyl groups is 1. The highest BCUT2D eigenvalue weighted by Gasteiger charge is 2.20. The molecule has 0 bridgehead atoms. The first-order valence-corrected chi connectivity index (χ1v) is 5.47. The van der Waals surface area contributed by atoms with Crippen molar-refractivity contribution in [3.05, 3.63) is 38.3 Å². The molecule has 0 spiro atoms. The Kier molecular flexibility index (Phi) is 4.01. The molecule has 0 aromatic heterocycles. The van der Waals surface area contributed by atoms with Crippen molar-refractivity contribution < 1.29 is 10.0 Å². The quantitative estimate of drug-likeness (QED) is 0.651. The smallest absolute Gasteiger partial charge is 0.283 e. The number of nitro benzene ring substituents is 1. The SMILES string of the molecule is CC(N)(CO)Cc1ccc(Br)c([N+](=O)[O-])c1. The molecule has 0 heterocycles. The molecule has 16 heavy (non-hydrogen) atoms. The van der Waals surface area contributed by atoms with E-state index in [9.17, 15) is 10.1 Å². The van der Waals surface area contributed by atoms with Gasteiger partial charge in [0.2, 0.25) is 0 Å². The largest absolute Gasteiger partial charge is 0.394 e. The maximum Gasteiger partial charge on any atom is 0.283 e. The average Bonchev–Trinajstić information content (AvgIpc) is 2.20. The fourth-order valence-electron chi connectivity index (χ4n) is 1.33. The summed E-state index contributed by atoms with van der Waals surface area (Å²) < 4.78 is 0.434. The van der Waals surface area contributed by atoms with Crippen molar-refractivity contribution in [1.29, 1.82) is 0 Å². The van der Waals surface area contributed by atoms with Crippen molar-refractivity contribution in [2.24, 2.45) is 5.73 Å². The van der Waals surface area contributed by atoms with Crippen molar-refractivity contribution in [2.75, 3.05) is 6.61 Å². The van der Waals surface area contributed by atoms with Crippen molar-refractivity contribution >= 4 is 21.6 Å². The average molecular weight is 289 g/mol. The van der Waals surface area contributed by atoms with E-state index in [1.54, 1.807) is 19.1 Å². The maximum atomic E-state index is 10.7. The Balaban J connectivity index is 3.00. The van der Waals surface area contributed by atoms with Crippen LogP contribution in [0.4, 0.5) is 5.69 Å². The van der Waals surface area contributed by atoms with Crippen LogP contribution in [0.25, 0.3) is 0 Å². The highest BCUT2D eigenvalue weighted by molar-refractivity contribution is 9.10. The Morgan fingerprint density at radius 2 is 2.25 bits per heavy atom. The summed E-state index contributed by atoms with van der Waals surface area (Å²) >= 11 is 3.11. The van der Waals surface area contributed by atoms with Gasteiger partial charge < -0.3 is 10.8 Å². The van der Waals surface area contributed by atoms with E-state index in [0.717, 1.165) is 5.56 Å². The van der Waals surface area contributed by atoms with E-state index in [1.165, 1.54) is 6.07 Å². The molecule has 0 radical (unpaired) electrons. The number of nitrogens with zero attached hydrogens (tertiary/aromatic N) is 1. The second-order valence-electron chi connectivity index (χ2n) is 4.03. The molecular weight excluding hydrogens is 276 g/mol. The molecule has 3 N–H and O–H groups in total. The van der Waals surface area contributed by atoms with Gasteiger partial charge in [-0.05, 0) is 40.9 Å². The first-order chi connectivity index (χ1) is 7.35. The van der Waals surface area contributed by atoms with Gasteiger partial charge in [0.1, 0.15) is 0 Å². The molecule has 0 aliphatic carbocycles. The Morgan fingerprint density at radius 3 is 2.75 bits per heavy atom. The molecule has 5 nitrogen and oxygen atoms in total. The lowest BCUT2D eigenvalue weighted by atomic mass is 9.95. The van der Waals surface area contributed by atoms with Crippen LogP contribution in [-0.2, 0) is 6.42 Å². The minimum atomic E-state index is -0.762. The van der Waals surface area contributed by atoms with Crippen LogP contribution in [0, 0.1) is 10.1 Å². The topological polar surface area (TPSA) is 89.4 Å². The van der Waals surface area contributed by atoms with E-state index in [2.05, 4.69) is 15.9 Å². The van der Waals surface area contributed by atoms with Crippen molar-refractivity contribution in [3.8, 4) is 0 Å². The van der Waals surface area contributed by atoms with Crippen molar-refractivity contribution in [3.63, 3.8) is 0 Å². The first kappa shape index (κ1) is 13.1. The third kappa shape index (κ3) is 3.26. The van der Waals surface area contributed by atoms with Crippen molar-refractivity contribution in [1.82, 2.24) is 0 Å². The van der Waals surface area contributed by atoms with Gasteiger partial charge in [0.25, 0.3) is 5.69 Å². The Hall–Kier alpha value is -0.980. The summed E-state index contributed by atoms with van der Waals surface area (Å²) in [5.74, 6) is 0. The summed E-state index contributed by atoms with van der Waals surface area (Å²) in [6.07, 6.45) is 0.387. The lowest BCUT2D eigenvalue weighted by Gasteiger charge is -2.21. The summed E-state index contributed by atoms with van der Waals surface area (Å²) in [5, 5.41) is 19.7. The third-order valence-corrected chi connectivity index (χ3v) is 2.85. The third-order valence-electron chi connectivity index (χ3n) is 2.18. The van der Waals surface area contributed by atoms with Crippen LogP contribution in [0.3, 0.4) is 0 Å². The van der Waals surface area contributed by atoms with Crippen LogP contribution >= 0.6 is 15.9 Å². The predicted octanol–water partition coefficient (Wildman–Crippen LogP) is 1.61. The monoisotopic (exact) mass is 288 g/mol. The number of benzene rings is 1. The van der Waals surface area contributed by atoms with E-state index in [4.69, 9.17) is 10.8 Å². The summed E-state index contributed by atoms with van der Waals surface area (Å²) in [7, 11) is 0. The van der Waals surface area contributed by atoms with Gasteiger partial charge in [-0.25, -0.2) is 0 Å². The van der Waals surface area contributed by atoms with Gasteiger partial charge in [0, 0.05) is 11.6 Å². The van der Waals surface area contributed by atoms with E-state index in [0.29, 0.717) is 10.9 Å². The Bertz CT molecular complexity index is 407. The van der Waals surface area contributed by atoms with Gasteiger partial charge in [-0.1, -0.05) is 6.07 Å². The fourth-order valence-corrected chi connectivity index (χ4v) is 1.72. The summed E-state index contributed by atoms with van der Waals surface area (Å²) in [5.41, 5.74) is 5.75. The predicted molar refractivity (Wildman–Crippen MR) is 64.2 cm³/mol. The van der Waals surface area contributed by atoms with Crippen LogP contribution in [0.1, 0.15) is 12.5 Å². The molecule has 6 heteroatoms. The van der Waals surface area contributed by atoms with E-state index in [1.807, 2.05) is 0 Å². The summed E-state index contributed by atoms with van der Waals surface area (Å²) in [6.45, 7) is 1.53. The molecule has 0 aliphatic rings. The van der Waals surface area contributed by atoms with E-state index in [-0.39, 0.29) is 12.3 Å². The molecule has 1 unspecified atom stereocenters. The highest BCUT2D eigenvalue weighted by Crippen LogP contribution is 2.26. The zero-order chi connectivity index (χ0) is 12.3. The van der Waals surface area contributed by atoms with Gasteiger partial charge in [-0.3, -0.25) is 10.1 Å². The second kappa shape index (κ2) is 4.90. The number of nitro groups is 1. The minimum Gasteiger partial charge on any atom is -0.394 e. The normalized spacial score (nSPS) is 14.5. The number of aliphatic hydroxyl groups excluding tert-OH is 1. The van der Waals surface area contributed by atoms with E-state index >= 15 is 0 Å². The molecule has 0 saturated heterocycles. The Morgan fingerprint density at radius 1 is 1.62 bits per heavy atom. The Labute approximate surface area is 102 Å². The van der Waals surface area contributed by atoms with Crippen LogP contribution in [0.2, 0.25) is 0 Å². The van der Waals surface area contributed by atoms with Crippen LogP contribution in [0.15, 0.2) is 22.7 Å². The standard InChI is InChI=1S/C10H13BrN2O3/c1-10(12,6-14)5-7-2-3-8(11)9(4-7)13(15)16/h2-4,14H,5-6,12H2,1H3. The zero-order valence-corrected chi connectivity index (χ0v) is 10.4. The summed E-state index contributed by atoms with van der Waals surface area (Å²) in [4.78, 5) is 10.2. The van der Waals surface area contributed by atoms with Gasteiger partial charge in [0.15, 0.2) is 0 Å². The first-order valence-electron chi connectivity index (χ1n) is 4.68. The minimum absolute atomic E-state index is 0.00578. The van der Waals surface area contributed by atoms with E-state index < -0.39 is 10.5 Å². The summed E-state index contributed by atoms with van der Waals surface area (Å²) in [6, 6.07) is 4.82. The molecule has 1 rings (SSSR count). The van der Waals surface area contributed by atoms with Gasteiger partial charge in [-0.15, -0.1) is 0 Å². The maximum absolute atomic E-state index is 10.7. The molecular formula is C10H13BrN2O3. The van der Waals surface area contributed by atoms with Gasteiger partial charge in [0.05, 0.1) is 16.0 Å². The number of nitrogens with two attached hydrogens (primary N) is 1. The molecule has 0 aliphatic heterocycles. The number of halogens is 1. The van der Waals surface area contributed by atoms with Gasteiger partial charge in [-0.2, -0.15) is 0 Å². The molecule has 88 valence electrons. The van der Waals surface area contributed by atoms with Crippen LogP contribution in [0.5, 0.6) is 0 Å². The second-order valence-corrected chi connectivity index (χ2v) is 4.89. The molecule has 1 aromatic carbocycles. The highest BCUT2D eigenvalue weighted by atomic mass is 79.9. The number of hydrogen-bond acceptors (Lipinski definition) is 4.